The van der Waals surface area contributed by atoms with E-state index in [9.17, 15) is 4.57 Å². The highest BCUT2D eigenvalue weighted by Crippen LogP contribution is 2.54. The van der Waals surface area contributed by atoms with Crippen molar-refractivity contribution in [2.24, 2.45) is 0 Å². The summed E-state index contributed by atoms with van der Waals surface area (Å²) < 4.78 is 38.5. The second kappa shape index (κ2) is 11.7. The zero-order valence-electron chi connectivity index (χ0n) is 21.5. The van der Waals surface area contributed by atoms with Crippen molar-refractivity contribution in [3.8, 4) is 0 Å². The number of nitrogen functional groups attached to an aromatic ring is 1. The first-order chi connectivity index (χ1) is 18.4. The molecule has 1 aliphatic rings. The van der Waals surface area contributed by atoms with E-state index in [0.717, 1.165) is 34.8 Å². The Morgan fingerprint density at radius 2 is 1.95 bits per heavy atom. The number of rotatable bonds is 10. The zero-order chi connectivity index (χ0) is 26.7. The number of para-hydroxylation sites is 1. The topological polar surface area (TPSA) is 111 Å². The average Bonchev–Trinajstić information content (AvgIpc) is 3.30. The van der Waals surface area contributed by atoms with Crippen LogP contribution in [0, 0.1) is 0 Å². The maximum absolute atomic E-state index is 13.4. The van der Waals surface area contributed by atoms with E-state index in [1.54, 1.807) is 0 Å². The molecule has 1 unspecified atom stereocenters. The molecule has 1 saturated heterocycles. The minimum Gasteiger partial charge on any atom is -0.382 e. The number of imidazole rings is 1. The summed E-state index contributed by atoms with van der Waals surface area (Å²) in [5.74, 6) is 0.978. The average molecular weight is 559 g/mol. The van der Waals surface area contributed by atoms with Gasteiger partial charge in [0, 0.05) is 22.9 Å². The van der Waals surface area contributed by atoms with Crippen LogP contribution in [0.1, 0.15) is 50.0 Å². The van der Waals surface area contributed by atoms with E-state index in [2.05, 4.69) is 16.5 Å². The molecule has 2 N–H and O–H groups in total. The first-order valence-corrected chi connectivity index (χ1v) is 14.7. The van der Waals surface area contributed by atoms with Gasteiger partial charge in [-0.3, -0.25) is 13.6 Å². The number of aromatic nitrogens is 3. The minimum absolute atomic E-state index is 0.0805. The van der Waals surface area contributed by atoms with Gasteiger partial charge in [-0.1, -0.05) is 55.3 Å². The van der Waals surface area contributed by atoms with Crippen LogP contribution in [0.3, 0.4) is 0 Å². The summed E-state index contributed by atoms with van der Waals surface area (Å²) in [5.41, 5.74) is 9.55. The van der Waals surface area contributed by atoms with Crippen molar-refractivity contribution in [2.75, 3.05) is 32.2 Å². The molecule has 0 amide bonds. The highest BCUT2D eigenvalue weighted by Gasteiger charge is 2.36. The molecule has 0 saturated carbocycles. The fourth-order valence-corrected chi connectivity index (χ4v) is 6.33. The van der Waals surface area contributed by atoms with Crippen LogP contribution in [0.25, 0.3) is 21.9 Å². The van der Waals surface area contributed by atoms with Gasteiger partial charge in [0.2, 0.25) is 0 Å². The van der Waals surface area contributed by atoms with Crippen molar-refractivity contribution in [1.29, 1.82) is 0 Å². The number of fused-ring (bicyclic) bond motifs is 3. The Hall–Kier alpha value is -2.52. The molecule has 202 valence electrons. The van der Waals surface area contributed by atoms with Gasteiger partial charge in [0.1, 0.15) is 17.9 Å². The lowest BCUT2D eigenvalue weighted by molar-refractivity contribution is 0.0527. The lowest BCUT2D eigenvalue weighted by Gasteiger charge is -2.30. The molecule has 9 nitrogen and oxygen atoms in total. The Labute approximate surface area is 226 Å². The third-order valence-corrected chi connectivity index (χ3v) is 8.29. The van der Waals surface area contributed by atoms with Gasteiger partial charge in [0.05, 0.1) is 36.9 Å². The molecule has 38 heavy (non-hydrogen) atoms. The normalized spacial score (nSPS) is 20.8. The van der Waals surface area contributed by atoms with E-state index in [1.807, 2.05) is 55.5 Å². The predicted octanol–water partition coefficient (Wildman–Crippen LogP) is 6.65. The van der Waals surface area contributed by atoms with Crippen LogP contribution >= 0.6 is 19.4 Å². The minimum atomic E-state index is -3.75. The fourth-order valence-electron chi connectivity index (χ4n) is 4.83. The predicted molar refractivity (Wildman–Crippen MR) is 148 cm³/mol. The first-order valence-electron chi connectivity index (χ1n) is 12.8. The van der Waals surface area contributed by atoms with E-state index in [0.29, 0.717) is 35.4 Å². The number of hydrogen-bond donors (Lipinski definition) is 1. The molecule has 0 bridgehead atoms. The van der Waals surface area contributed by atoms with Crippen LogP contribution in [0.4, 0.5) is 5.82 Å². The van der Waals surface area contributed by atoms with Crippen molar-refractivity contribution in [2.45, 2.75) is 45.3 Å². The van der Waals surface area contributed by atoms with Crippen molar-refractivity contribution in [3.05, 3.63) is 64.9 Å². The first kappa shape index (κ1) is 27.1. The number of halogens is 1. The molecule has 3 heterocycles. The van der Waals surface area contributed by atoms with E-state index < -0.39 is 7.82 Å². The molecule has 11 heteroatoms. The fraction of sp³-hybridized carbons (Fsp3) is 0.407. The van der Waals surface area contributed by atoms with Crippen LogP contribution in [-0.4, -0.2) is 41.0 Å². The van der Waals surface area contributed by atoms with Crippen molar-refractivity contribution in [1.82, 2.24) is 14.5 Å². The van der Waals surface area contributed by atoms with Gasteiger partial charge in [-0.2, -0.15) is 0 Å². The summed E-state index contributed by atoms with van der Waals surface area (Å²) in [6.45, 7) is 5.40. The smallest absolute Gasteiger partial charge is 0.382 e. The van der Waals surface area contributed by atoms with Gasteiger partial charge in [-0.05, 0) is 37.1 Å². The number of pyridine rings is 1. The summed E-state index contributed by atoms with van der Waals surface area (Å²) in [7, 11) is -3.75. The Kier molecular flexibility index (Phi) is 8.33. The van der Waals surface area contributed by atoms with Crippen LogP contribution in [0.5, 0.6) is 0 Å². The molecule has 0 spiro atoms. The molecule has 2 aromatic heterocycles. The SMILES string of the molecule is CCCC(COP1(=O)OCC(c2cccc(Cl)c2)CO1)n1c(COCC)nc2c(N)nc3ccccc3c21. The second-order valence-electron chi connectivity index (χ2n) is 9.28. The van der Waals surface area contributed by atoms with Crippen LogP contribution in [-0.2, 0) is 29.5 Å². The summed E-state index contributed by atoms with van der Waals surface area (Å²) in [5, 5.41) is 1.56. The van der Waals surface area contributed by atoms with Gasteiger partial charge in [0.25, 0.3) is 0 Å². The number of hydrogen-bond acceptors (Lipinski definition) is 8. The molecule has 2 aromatic carbocycles. The van der Waals surface area contributed by atoms with Gasteiger partial charge in [-0.15, -0.1) is 0 Å². The maximum Gasteiger partial charge on any atom is 0.474 e. The van der Waals surface area contributed by atoms with Gasteiger partial charge in [0.15, 0.2) is 5.82 Å². The van der Waals surface area contributed by atoms with E-state index in [1.165, 1.54) is 0 Å². The highest BCUT2D eigenvalue weighted by molar-refractivity contribution is 7.48. The summed E-state index contributed by atoms with van der Waals surface area (Å²) in [4.78, 5) is 9.37. The molecular weight excluding hydrogens is 527 g/mol. The van der Waals surface area contributed by atoms with Gasteiger partial charge in [-0.25, -0.2) is 14.5 Å². The van der Waals surface area contributed by atoms with E-state index >= 15 is 0 Å². The summed E-state index contributed by atoms with van der Waals surface area (Å²) in [6, 6.07) is 15.1. The standard InChI is InChI=1S/C27H32ClN4O5P/c1-3-8-21(16-37-38(33)35-14-19(15-36-38)18-9-7-10-20(28)13-18)32-24(17-34-4-2)31-25-26(32)22-11-5-6-12-23(22)30-27(25)29/h5-7,9-13,19,21H,3-4,8,14-17H2,1-2H3,(H2,29,30). The largest absolute Gasteiger partial charge is 0.474 e. The number of anilines is 1. The van der Waals surface area contributed by atoms with Crippen LogP contribution in [0.2, 0.25) is 5.02 Å². The molecule has 1 fully saturated rings. The number of phosphoric ester groups is 1. The molecule has 1 atom stereocenters. The molecular formula is C27H32ClN4O5P. The quantitative estimate of drug-likeness (QED) is 0.215. The highest BCUT2D eigenvalue weighted by atomic mass is 35.5. The Morgan fingerprint density at radius 3 is 2.68 bits per heavy atom. The third-order valence-electron chi connectivity index (χ3n) is 6.66. The lowest BCUT2D eigenvalue weighted by atomic mass is 10.0. The Balaban J connectivity index is 1.43. The third kappa shape index (κ3) is 5.59. The molecule has 4 aromatic rings. The van der Waals surface area contributed by atoms with Crippen molar-refractivity contribution in [3.63, 3.8) is 0 Å². The molecule has 0 aliphatic carbocycles. The number of ether oxygens (including phenoxy) is 1. The van der Waals surface area contributed by atoms with Gasteiger partial charge >= 0.3 is 7.82 Å². The number of benzene rings is 2. The number of phosphoric acid groups is 1. The Morgan fingerprint density at radius 1 is 1.16 bits per heavy atom. The van der Waals surface area contributed by atoms with Gasteiger partial charge < -0.3 is 15.0 Å². The second-order valence-corrected chi connectivity index (χ2v) is 11.4. The lowest BCUT2D eigenvalue weighted by Crippen LogP contribution is -2.23. The van der Waals surface area contributed by atoms with Crippen molar-refractivity contribution < 1.29 is 22.9 Å². The molecule has 5 rings (SSSR count). The van der Waals surface area contributed by atoms with E-state index in [-0.39, 0.29) is 31.8 Å². The number of nitrogens with two attached hydrogens (primary N) is 1. The maximum atomic E-state index is 13.4. The molecule has 0 radical (unpaired) electrons. The monoisotopic (exact) mass is 558 g/mol. The molecule has 1 aliphatic heterocycles. The van der Waals surface area contributed by atoms with Crippen LogP contribution < -0.4 is 5.73 Å². The van der Waals surface area contributed by atoms with Crippen LogP contribution in [0.15, 0.2) is 48.5 Å². The van der Waals surface area contributed by atoms with E-state index in [4.69, 9.17) is 40.6 Å². The summed E-state index contributed by atoms with van der Waals surface area (Å²) in [6.07, 6.45) is 1.61. The number of nitrogens with zero attached hydrogens (tertiary/aromatic N) is 3. The summed E-state index contributed by atoms with van der Waals surface area (Å²) >= 11 is 6.13. The Bertz CT molecular complexity index is 1470. The zero-order valence-corrected chi connectivity index (χ0v) is 23.2. The van der Waals surface area contributed by atoms with Crippen molar-refractivity contribution >= 4 is 47.2 Å².